The van der Waals surface area contributed by atoms with Gasteiger partial charge in [0.1, 0.15) is 6.17 Å². The molecule has 0 spiro atoms. The van der Waals surface area contributed by atoms with Crippen LogP contribution in [-0.4, -0.2) is 12.0 Å². The van der Waals surface area contributed by atoms with Crippen LogP contribution in [0.15, 0.2) is 12.2 Å². The number of allylic oxidation sites excluding steroid dienone is 2. The molecule has 0 bridgehead atoms. The van der Waals surface area contributed by atoms with Crippen LogP contribution in [0.3, 0.4) is 0 Å². The topological polar surface area (TPSA) is 17.1 Å². The standard InChI is InChI=1S/C10H17FO/c1-5-6-9(12)10(7(2)3)8(4)11/h5-8,10H,1-4H3/b6-5+. The lowest BCUT2D eigenvalue weighted by Gasteiger charge is -2.18. The molecule has 0 aromatic carbocycles. The number of halogens is 1. The highest BCUT2D eigenvalue weighted by atomic mass is 19.1. The zero-order valence-corrected chi connectivity index (χ0v) is 8.17. The van der Waals surface area contributed by atoms with Gasteiger partial charge >= 0.3 is 0 Å². The minimum atomic E-state index is -1.06. The fourth-order valence-electron chi connectivity index (χ4n) is 1.36. The van der Waals surface area contributed by atoms with Crippen molar-refractivity contribution in [3.63, 3.8) is 0 Å². The SMILES string of the molecule is C/C=C/C(=O)C(C(C)C)C(C)F. The number of alkyl halides is 1. The molecule has 0 N–H and O–H groups in total. The Balaban J connectivity index is 4.40. The number of hydrogen-bond acceptors (Lipinski definition) is 1. The molecule has 0 aromatic rings. The van der Waals surface area contributed by atoms with Gasteiger partial charge in [0, 0.05) is 0 Å². The molecule has 0 aliphatic rings. The summed E-state index contributed by atoms with van der Waals surface area (Å²) in [6, 6.07) is 0. The number of rotatable bonds is 4. The minimum absolute atomic E-state index is 0.0636. The lowest BCUT2D eigenvalue weighted by Crippen LogP contribution is -2.26. The molecule has 0 heterocycles. The Bertz CT molecular complexity index is 163. The van der Waals surface area contributed by atoms with Gasteiger partial charge in [-0.3, -0.25) is 4.79 Å². The molecule has 0 saturated carbocycles. The Hall–Kier alpha value is -0.660. The first-order valence-electron chi connectivity index (χ1n) is 4.31. The number of carbonyl (C=O) groups excluding carboxylic acids is 1. The van der Waals surface area contributed by atoms with E-state index in [0.29, 0.717) is 0 Å². The van der Waals surface area contributed by atoms with Gasteiger partial charge in [-0.1, -0.05) is 19.9 Å². The van der Waals surface area contributed by atoms with E-state index in [1.807, 2.05) is 13.8 Å². The fourth-order valence-corrected chi connectivity index (χ4v) is 1.36. The lowest BCUT2D eigenvalue weighted by atomic mass is 9.88. The molecule has 2 unspecified atom stereocenters. The Morgan fingerprint density at radius 2 is 1.83 bits per heavy atom. The molecule has 0 saturated heterocycles. The summed E-state index contributed by atoms with van der Waals surface area (Å²) in [7, 11) is 0. The van der Waals surface area contributed by atoms with Gasteiger partial charge in [-0.25, -0.2) is 4.39 Å². The van der Waals surface area contributed by atoms with E-state index in [0.717, 1.165) is 0 Å². The Morgan fingerprint density at radius 1 is 1.33 bits per heavy atom. The van der Waals surface area contributed by atoms with Crippen molar-refractivity contribution in [3.8, 4) is 0 Å². The summed E-state index contributed by atoms with van der Waals surface area (Å²) in [4.78, 5) is 11.3. The lowest BCUT2D eigenvalue weighted by molar-refractivity contribution is -0.121. The van der Waals surface area contributed by atoms with Crippen molar-refractivity contribution in [3.05, 3.63) is 12.2 Å². The molecule has 0 aliphatic carbocycles. The average Bonchev–Trinajstić information content (AvgIpc) is 1.85. The van der Waals surface area contributed by atoms with Crippen molar-refractivity contribution in [2.45, 2.75) is 33.9 Å². The van der Waals surface area contributed by atoms with E-state index in [1.54, 1.807) is 13.0 Å². The van der Waals surface area contributed by atoms with Crippen LogP contribution in [0.25, 0.3) is 0 Å². The molecular weight excluding hydrogens is 155 g/mol. The van der Waals surface area contributed by atoms with E-state index in [4.69, 9.17) is 0 Å². The van der Waals surface area contributed by atoms with Crippen LogP contribution in [-0.2, 0) is 4.79 Å². The summed E-state index contributed by atoms with van der Waals surface area (Å²) < 4.78 is 12.9. The van der Waals surface area contributed by atoms with E-state index in [9.17, 15) is 9.18 Å². The van der Waals surface area contributed by atoms with Crippen molar-refractivity contribution < 1.29 is 9.18 Å². The number of ketones is 1. The van der Waals surface area contributed by atoms with Crippen LogP contribution in [0.2, 0.25) is 0 Å². The summed E-state index contributed by atoms with van der Waals surface area (Å²) in [5, 5.41) is 0. The maximum atomic E-state index is 12.9. The van der Waals surface area contributed by atoms with E-state index in [1.165, 1.54) is 13.0 Å². The van der Waals surface area contributed by atoms with Gasteiger partial charge in [0.25, 0.3) is 0 Å². The van der Waals surface area contributed by atoms with E-state index >= 15 is 0 Å². The third-order valence-electron chi connectivity index (χ3n) is 1.87. The summed E-state index contributed by atoms with van der Waals surface area (Å²) >= 11 is 0. The van der Waals surface area contributed by atoms with Crippen molar-refractivity contribution in [1.82, 2.24) is 0 Å². The highest BCUT2D eigenvalue weighted by molar-refractivity contribution is 5.92. The quantitative estimate of drug-likeness (QED) is 0.596. The first-order chi connectivity index (χ1) is 5.50. The van der Waals surface area contributed by atoms with Crippen molar-refractivity contribution in [2.75, 3.05) is 0 Å². The first-order valence-corrected chi connectivity index (χ1v) is 4.31. The molecule has 12 heavy (non-hydrogen) atoms. The van der Waals surface area contributed by atoms with Gasteiger partial charge < -0.3 is 0 Å². The summed E-state index contributed by atoms with van der Waals surface area (Å²) in [5.41, 5.74) is 0. The molecular formula is C10H17FO. The third kappa shape index (κ3) is 3.16. The monoisotopic (exact) mass is 172 g/mol. The Kier molecular flexibility index (Phi) is 4.79. The molecule has 0 aromatic heterocycles. The second kappa shape index (κ2) is 5.07. The molecule has 0 radical (unpaired) electrons. The van der Waals surface area contributed by atoms with Gasteiger partial charge in [0.2, 0.25) is 0 Å². The normalized spacial score (nSPS) is 16.8. The van der Waals surface area contributed by atoms with Crippen molar-refractivity contribution >= 4 is 5.78 Å². The summed E-state index contributed by atoms with van der Waals surface area (Å²) in [5.74, 6) is -0.530. The summed E-state index contributed by atoms with van der Waals surface area (Å²) in [6.45, 7) is 6.93. The van der Waals surface area contributed by atoms with E-state index < -0.39 is 12.1 Å². The zero-order chi connectivity index (χ0) is 9.72. The van der Waals surface area contributed by atoms with Gasteiger partial charge in [-0.15, -0.1) is 0 Å². The highest BCUT2D eigenvalue weighted by Gasteiger charge is 2.25. The largest absolute Gasteiger partial charge is 0.294 e. The minimum Gasteiger partial charge on any atom is -0.294 e. The average molecular weight is 172 g/mol. The first kappa shape index (κ1) is 11.3. The van der Waals surface area contributed by atoms with Crippen LogP contribution in [0.4, 0.5) is 4.39 Å². The smallest absolute Gasteiger partial charge is 0.161 e. The molecule has 0 aliphatic heterocycles. The van der Waals surface area contributed by atoms with Crippen LogP contribution >= 0.6 is 0 Å². The van der Waals surface area contributed by atoms with E-state index in [2.05, 4.69) is 0 Å². The molecule has 0 rings (SSSR count). The number of carbonyl (C=O) groups is 1. The van der Waals surface area contributed by atoms with Gasteiger partial charge in [0.05, 0.1) is 5.92 Å². The predicted octanol–water partition coefficient (Wildman–Crippen LogP) is 2.76. The second-order valence-electron chi connectivity index (χ2n) is 3.35. The Labute approximate surface area is 73.7 Å². The maximum Gasteiger partial charge on any atom is 0.161 e. The molecule has 2 atom stereocenters. The summed E-state index contributed by atoms with van der Waals surface area (Å²) in [6.07, 6.45) is 2.04. The van der Waals surface area contributed by atoms with E-state index in [-0.39, 0.29) is 11.7 Å². The molecule has 70 valence electrons. The molecule has 0 fully saturated rings. The van der Waals surface area contributed by atoms with Gasteiger partial charge in [-0.2, -0.15) is 0 Å². The predicted molar refractivity (Wildman–Crippen MR) is 48.7 cm³/mol. The third-order valence-corrected chi connectivity index (χ3v) is 1.87. The highest BCUT2D eigenvalue weighted by Crippen LogP contribution is 2.19. The van der Waals surface area contributed by atoms with Crippen LogP contribution < -0.4 is 0 Å². The fraction of sp³-hybridized carbons (Fsp3) is 0.700. The van der Waals surface area contributed by atoms with Crippen molar-refractivity contribution in [1.29, 1.82) is 0 Å². The van der Waals surface area contributed by atoms with Crippen molar-refractivity contribution in [2.24, 2.45) is 11.8 Å². The van der Waals surface area contributed by atoms with Crippen LogP contribution in [0.1, 0.15) is 27.7 Å². The zero-order valence-electron chi connectivity index (χ0n) is 8.17. The Morgan fingerprint density at radius 3 is 2.08 bits per heavy atom. The number of hydrogen-bond donors (Lipinski definition) is 0. The second-order valence-corrected chi connectivity index (χ2v) is 3.35. The van der Waals surface area contributed by atoms with Gasteiger partial charge in [-0.05, 0) is 25.8 Å². The maximum absolute atomic E-state index is 12.9. The van der Waals surface area contributed by atoms with Gasteiger partial charge in [0.15, 0.2) is 5.78 Å². The molecule has 2 heteroatoms. The van der Waals surface area contributed by atoms with Crippen LogP contribution in [0.5, 0.6) is 0 Å². The molecule has 0 amide bonds. The van der Waals surface area contributed by atoms with Crippen LogP contribution in [0, 0.1) is 11.8 Å². The molecule has 1 nitrogen and oxygen atoms in total.